The maximum Gasteiger partial charge on any atom is 0.340 e. The van der Waals surface area contributed by atoms with E-state index >= 15 is 0 Å². The zero-order chi connectivity index (χ0) is 18.0. The topological polar surface area (TPSA) is 57.5 Å². The number of aromatic nitrogens is 1. The molecule has 5 heteroatoms. The maximum absolute atomic E-state index is 12.8. The molecule has 0 radical (unpaired) electrons. The molecule has 0 aliphatic heterocycles. The second-order valence-electron chi connectivity index (χ2n) is 5.83. The molecule has 1 heterocycles. The van der Waals surface area contributed by atoms with E-state index in [1.807, 2.05) is 43.3 Å². The molecule has 1 aromatic heterocycles. The molecule has 5 nitrogen and oxygen atoms in total. The van der Waals surface area contributed by atoms with Gasteiger partial charge in [-0.1, -0.05) is 35.9 Å². The van der Waals surface area contributed by atoms with E-state index in [4.69, 9.17) is 9.47 Å². The molecule has 0 saturated carbocycles. The fourth-order valence-corrected chi connectivity index (χ4v) is 2.70. The number of aryl methyl sites for hydroxylation is 1. The highest BCUT2D eigenvalue weighted by atomic mass is 16.5. The highest BCUT2D eigenvalue weighted by Crippen LogP contribution is 2.23. The zero-order valence-corrected chi connectivity index (χ0v) is 14.4. The Kier molecular flexibility index (Phi) is 4.57. The molecule has 25 heavy (non-hydrogen) atoms. The van der Waals surface area contributed by atoms with E-state index in [0.717, 1.165) is 5.56 Å². The number of esters is 1. The van der Waals surface area contributed by atoms with Crippen molar-refractivity contribution >= 4 is 22.8 Å². The number of hydrogen-bond acceptors (Lipinski definition) is 4. The molecule has 0 fully saturated rings. The molecule has 0 aliphatic carbocycles. The van der Waals surface area contributed by atoms with E-state index in [9.17, 15) is 9.59 Å². The summed E-state index contributed by atoms with van der Waals surface area (Å²) in [6.45, 7) is 3.67. The summed E-state index contributed by atoms with van der Waals surface area (Å²) in [5.74, 6) is -0.113. The largest absolute Gasteiger partial charge is 0.481 e. The first-order valence-electron chi connectivity index (χ1n) is 7.97. The lowest BCUT2D eigenvalue weighted by molar-refractivity contribution is 0.0602. The smallest absolute Gasteiger partial charge is 0.340 e. The van der Waals surface area contributed by atoms with Gasteiger partial charge in [-0.05, 0) is 32.0 Å². The molecule has 0 unspecified atom stereocenters. The summed E-state index contributed by atoms with van der Waals surface area (Å²) in [7, 11) is 1.32. The summed E-state index contributed by atoms with van der Waals surface area (Å²) in [6, 6.07) is 14.7. The average Bonchev–Trinajstić information content (AvgIpc) is 3.02. The Labute approximate surface area is 145 Å². The van der Waals surface area contributed by atoms with Gasteiger partial charge in [-0.15, -0.1) is 0 Å². The summed E-state index contributed by atoms with van der Waals surface area (Å²) < 4.78 is 12.0. The molecule has 0 aliphatic rings. The highest BCUT2D eigenvalue weighted by Gasteiger charge is 2.23. The van der Waals surface area contributed by atoms with Crippen LogP contribution in [0.3, 0.4) is 0 Å². The van der Waals surface area contributed by atoms with E-state index in [-0.39, 0.29) is 5.91 Å². The zero-order valence-electron chi connectivity index (χ0n) is 14.4. The van der Waals surface area contributed by atoms with Crippen molar-refractivity contribution in [1.29, 1.82) is 0 Å². The van der Waals surface area contributed by atoms with Gasteiger partial charge in [0.15, 0.2) is 6.10 Å². The molecule has 0 amide bonds. The van der Waals surface area contributed by atoms with Crippen LogP contribution in [-0.2, 0) is 4.74 Å². The number of para-hydroxylation sites is 1. The summed E-state index contributed by atoms with van der Waals surface area (Å²) in [5.41, 5.74) is 2.12. The standard InChI is InChI=1S/C20H19NO4/c1-13-8-10-15(11-9-13)25-14(2)19(22)21-12-17(20(23)24-3)16-6-4-5-7-18(16)21/h4-12,14H,1-3H3/t14-/m1/s1. The van der Waals surface area contributed by atoms with Crippen molar-refractivity contribution in [3.63, 3.8) is 0 Å². The van der Waals surface area contributed by atoms with Crippen LogP contribution in [0.5, 0.6) is 5.75 Å². The average molecular weight is 337 g/mol. The minimum Gasteiger partial charge on any atom is -0.481 e. The summed E-state index contributed by atoms with van der Waals surface area (Å²) in [5, 5.41) is 0.672. The molecule has 3 rings (SSSR count). The molecule has 128 valence electrons. The van der Waals surface area contributed by atoms with Crippen molar-refractivity contribution in [2.75, 3.05) is 7.11 Å². The van der Waals surface area contributed by atoms with Crippen molar-refractivity contribution in [2.24, 2.45) is 0 Å². The lowest BCUT2D eigenvalue weighted by Crippen LogP contribution is -2.28. The fourth-order valence-electron chi connectivity index (χ4n) is 2.70. The third-order valence-electron chi connectivity index (χ3n) is 4.04. The molecule has 0 N–H and O–H groups in total. The van der Waals surface area contributed by atoms with Gasteiger partial charge < -0.3 is 9.47 Å². The Morgan fingerprint density at radius 3 is 2.40 bits per heavy atom. The van der Waals surface area contributed by atoms with Gasteiger partial charge >= 0.3 is 5.97 Å². The van der Waals surface area contributed by atoms with Crippen LogP contribution in [-0.4, -0.2) is 29.7 Å². The van der Waals surface area contributed by atoms with Crippen LogP contribution in [0.1, 0.15) is 27.6 Å². The van der Waals surface area contributed by atoms with E-state index in [1.54, 1.807) is 19.1 Å². The van der Waals surface area contributed by atoms with Gasteiger partial charge in [-0.25, -0.2) is 4.79 Å². The molecule has 0 bridgehead atoms. The summed E-state index contributed by atoms with van der Waals surface area (Å²) in [6.07, 6.45) is 0.803. The predicted octanol–water partition coefficient (Wildman–Crippen LogP) is 3.84. The van der Waals surface area contributed by atoms with Crippen molar-refractivity contribution < 1.29 is 19.1 Å². The number of rotatable bonds is 4. The third kappa shape index (κ3) is 3.26. The summed E-state index contributed by atoms with van der Waals surface area (Å²) >= 11 is 0. The molecule has 0 spiro atoms. The van der Waals surface area contributed by atoms with Gasteiger partial charge in [0.05, 0.1) is 18.2 Å². The van der Waals surface area contributed by atoms with E-state index < -0.39 is 12.1 Å². The Morgan fingerprint density at radius 2 is 1.72 bits per heavy atom. The number of ether oxygens (including phenoxy) is 2. The molecule has 2 aromatic carbocycles. The molecule has 3 aromatic rings. The van der Waals surface area contributed by atoms with E-state index in [2.05, 4.69) is 0 Å². The van der Waals surface area contributed by atoms with Gasteiger partial charge in [-0.2, -0.15) is 0 Å². The fraction of sp³-hybridized carbons (Fsp3) is 0.200. The van der Waals surface area contributed by atoms with E-state index in [1.165, 1.54) is 17.9 Å². The second kappa shape index (κ2) is 6.81. The van der Waals surface area contributed by atoms with Gasteiger partial charge in [0, 0.05) is 11.6 Å². The van der Waals surface area contributed by atoms with Crippen molar-refractivity contribution in [1.82, 2.24) is 4.57 Å². The lowest BCUT2D eigenvalue weighted by Gasteiger charge is -2.15. The first-order chi connectivity index (χ1) is 12.0. The minimum absolute atomic E-state index is 0.257. The van der Waals surface area contributed by atoms with Gasteiger partial charge in [-0.3, -0.25) is 9.36 Å². The van der Waals surface area contributed by atoms with Crippen molar-refractivity contribution in [3.8, 4) is 5.75 Å². The Morgan fingerprint density at radius 1 is 1.04 bits per heavy atom. The Balaban J connectivity index is 1.93. The number of carbonyl (C=O) groups excluding carboxylic acids is 2. The lowest BCUT2D eigenvalue weighted by atomic mass is 10.2. The second-order valence-corrected chi connectivity index (χ2v) is 5.83. The SMILES string of the molecule is COC(=O)c1cn(C(=O)[C@@H](C)Oc2ccc(C)cc2)c2ccccc12. The number of nitrogens with zero attached hydrogens (tertiary/aromatic N) is 1. The number of hydrogen-bond donors (Lipinski definition) is 0. The monoisotopic (exact) mass is 337 g/mol. The van der Waals surface area contributed by atoms with Crippen LogP contribution in [0.15, 0.2) is 54.7 Å². The van der Waals surface area contributed by atoms with Crippen LogP contribution in [0.4, 0.5) is 0 Å². The predicted molar refractivity (Wildman–Crippen MR) is 95.2 cm³/mol. The van der Waals surface area contributed by atoms with Crippen LogP contribution in [0.2, 0.25) is 0 Å². The van der Waals surface area contributed by atoms with Gasteiger partial charge in [0.25, 0.3) is 5.91 Å². The molecule has 1 atom stereocenters. The molecular formula is C20H19NO4. The number of carbonyl (C=O) groups is 2. The van der Waals surface area contributed by atoms with Crippen LogP contribution in [0, 0.1) is 6.92 Å². The molecular weight excluding hydrogens is 318 g/mol. The van der Waals surface area contributed by atoms with Crippen molar-refractivity contribution in [2.45, 2.75) is 20.0 Å². The first kappa shape index (κ1) is 16.8. The van der Waals surface area contributed by atoms with Crippen molar-refractivity contribution in [3.05, 3.63) is 65.9 Å². The Hall–Kier alpha value is -3.08. The van der Waals surface area contributed by atoms with Crippen LogP contribution in [0.25, 0.3) is 10.9 Å². The number of methoxy groups -OCH3 is 1. The number of benzene rings is 2. The minimum atomic E-state index is -0.705. The Bertz CT molecular complexity index is 925. The van der Waals surface area contributed by atoms with Crippen LogP contribution < -0.4 is 4.74 Å². The van der Waals surface area contributed by atoms with E-state index in [0.29, 0.717) is 22.2 Å². The maximum atomic E-state index is 12.8. The third-order valence-corrected chi connectivity index (χ3v) is 4.04. The summed E-state index contributed by atoms with van der Waals surface area (Å²) in [4.78, 5) is 24.8. The van der Waals surface area contributed by atoms with Gasteiger partial charge in [0.1, 0.15) is 5.75 Å². The normalized spacial score (nSPS) is 12.0. The first-order valence-corrected chi connectivity index (χ1v) is 7.97. The molecule has 0 saturated heterocycles. The number of fused-ring (bicyclic) bond motifs is 1. The van der Waals surface area contributed by atoms with Crippen LogP contribution >= 0.6 is 0 Å². The highest BCUT2D eigenvalue weighted by molar-refractivity contribution is 6.07. The van der Waals surface area contributed by atoms with Gasteiger partial charge in [0.2, 0.25) is 0 Å². The quantitative estimate of drug-likeness (QED) is 0.679.